The van der Waals surface area contributed by atoms with Gasteiger partial charge in [0.15, 0.2) is 0 Å². The van der Waals surface area contributed by atoms with Crippen LogP contribution in [0.1, 0.15) is 74.5 Å². The maximum Gasteiger partial charge on any atom is 0.338 e. The lowest BCUT2D eigenvalue weighted by atomic mass is 9.94. The molecule has 1 N–H and O–H groups in total. The SMILES string of the molecule is C[C@@H]1C[C@H]1CC(C(=O)Nc1ccc(C(=O)OC(C)(C)C)cc1)c1ccc(-c2c(C(F)F)ccc(Cl)c2F)cn1. The van der Waals surface area contributed by atoms with E-state index in [1.54, 1.807) is 51.1 Å². The van der Waals surface area contributed by atoms with Crippen molar-refractivity contribution in [2.75, 3.05) is 5.32 Å². The van der Waals surface area contributed by atoms with Gasteiger partial charge < -0.3 is 10.1 Å². The van der Waals surface area contributed by atoms with E-state index in [9.17, 15) is 22.8 Å². The maximum atomic E-state index is 14.7. The normalized spacial score (nSPS) is 17.6. The van der Waals surface area contributed by atoms with Gasteiger partial charge in [-0.05, 0) is 81.8 Å². The molecule has 0 aliphatic heterocycles. The predicted octanol–water partition coefficient (Wildman–Crippen LogP) is 8.20. The molecule has 206 valence electrons. The topological polar surface area (TPSA) is 68.3 Å². The van der Waals surface area contributed by atoms with Crippen molar-refractivity contribution in [2.24, 2.45) is 11.8 Å². The summed E-state index contributed by atoms with van der Waals surface area (Å²) in [6.45, 7) is 7.46. The van der Waals surface area contributed by atoms with Crippen LogP contribution < -0.4 is 5.32 Å². The van der Waals surface area contributed by atoms with Crippen molar-refractivity contribution < 1.29 is 27.5 Å². The van der Waals surface area contributed by atoms with Gasteiger partial charge in [0.05, 0.1) is 22.2 Å². The second-order valence-electron chi connectivity index (χ2n) is 10.9. The standard InChI is InChI=1S/C30H30ClF3N2O3/c1-16-13-19(16)14-22(28(37)36-20-8-5-17(6-9-20)29(38)39-30(2,3)4)24-12-7-18(15-35-24)25-21(27(33)34)10-11-23(31)26(25)32/h5-12,15-16,19,22,27H,13-14H2,1-4H3,(H,36,37)/t16-,19+,22?/m1/s1. The van der Waals surface area contributed by atoms with E-state index in [1.807, 2.05) is 0 Å². The summed E-state index contributed by atoms with van der Waals surface area (Å²) in [5, 5.41) is 2.61. The Bertz CT molecular complexity index is 1360. The van der Waals surface area contributed by atoms with Gasteiger partial charge in [-0.3, -0.25) is 9.78 Å². The molecule has 1 unspecified atom stereocenters. The Morgan fingerprint density at radius 3 is 2.31 bits per heavy atom. The smallest absolute Gasteiger partial charge is 0.338 e. The average Bonchev–Trinajstić information content (AvgIpc) is 3.57. The number of hydrogen-bond donors (Lipinski definition) is 1. The Morgan fingerprint density at radius 2 is 1.77 bits per heavy atom. The first-order valence-corrected chi connectivity index (χ1v) is 13.1. The molecule has 4 rings (SSSR count). The zero-order valence-corrected chi connectivity index (χ0v) is 22.9. The summed E-state index contributed by atoms with van der Waals surface area (Å²) in [5.74, 6) is -1.47. The van der Waals surface area contributed by atoms with Crippen molar-refractivity contribution in [3.63, 3.8) is 0 Å². The molecule has 0 radical (unpaired) electrons. The minimum absolute atomic E-state index is 0.144. The van der Waals surface area contributed by atoms with Crippen molar-refractivity contribution in [3.8, 4) is 11.1 Å². The zero-order valence-electron chi connectivity index (χ0n) is 22.1. The molecular weight excluding hydrogens is 529 g/mol. The number of amides is 1. The summed E-state index contributed by atoms with van der Waals surface area (Å²) in [5.41, 5.74) is 0.0350. The van der Waals surface area contributed by atoms with Gasteiger partial charge in [0.1, 0.15) is 11.4 Å². The van der Waals surface area contributed by atoms with Crippen molar-refractivity contribution >= 4 is 29.2 Å². The number of nitrogens with one attached hydrogen (secondary N) is 1. The van der Waals surface area contributed by atoms with Crippen molar-refractivity contribution in [1.82, 2.24) is 4.98 Å². The first kappa shape index (κ1) is 28.6. The fraction of sp³-hybridized carbons (Fsp3) is 0.367. The number of carbonyl (C=O) groups is 2. The zero-order chi connectivity index (χ0) is 28.5. The van der Waals surface area contributed by atoms with E-state index in [4.69, 9.17) is 16.3 Å². The number of ether oxygens (including phenoxy) is 1. The van der Waals surface area contributed by atoms with Gasteiger partial charge in [-0.15, -0.1) is 0 Å². The summed E-state index contributed by atoms with van der Waals surface area (Å²) in [7, 11) is 0. The van der Waals surface area contributed by atoms with E-state index in [0.717, 1.165) is 18.6 Å². The monoisotopic (exact) mass is 558 g/mol. The predicted molar refractivity (Wildman–Crippen MR) is 144 cm³/mol. The molecule has 1 fully saturated rings. The van der Waals surface area contributed by atoms with Gasteiger partial charge in [0, 0.05) is 28.6 Å². The van der Waals surface area contributed by atoms with Gasteiger partial charge in [-0.25, -0.2) is 18.0 Å². The molecule has 1 heterocycles. The van der Waals surface area contributed by atoms with Gasteiger partial charge in [0.25, 0.3) is 6.43 Å². The molecule has 0 spiro atoms. The molecule has 1 aromatic heterocycles. The number of benzene rings is 2. The average molecular weight is 559 g/mol. The van der Waals surface area contributed by atoms with E-state index in [0.29, 0.717) is 35.2 Å². The van der Waals surface area contributed by atoms with Crippen LogP contribution in [0.4, 0.5) is 18.9 Å². The van der Waals surface area contributed by atoms with Crippen LogP contribution in [0.5, 0.6) is 0 Å². The third kappa shape index (κ3) is 6.98. The number of rotatable bonds is 8. The van der Waals surface area contributed by atoms with E-state index >= 15 is 0 Å². The second kappa shape index (κ2) is 11.4. The van der Waals surface area contributed by atoms with E-state index < -0.39 is 35.3 Å². The quantitative estimate of drug-likeness (QED) is 0.283. The van der Waals surface area contributed by atoms with Gasteiger partial charge in [-0.1, -0.05) is 30.7 Å². The molecule has 0 bridgehead atoms. The summed E-state index contributed by atoms with van der Waals surface area (Å²) in [6.07, 6.45) is -0.0495. The van der Waals surface area contributed by atoms with E-state index in [1.165, 1.54) is 12.3 Å². The highest BCUT2D eigenvalue weighted by Gasteiger charge is 2.37. The first-order valence-electron chi connectivity index (χ1n) is 12.7. The van der Waals surface area contributed by atoms with E-state index in [2.05, 4.69) is 17.2 Å². The number of alkyl halides is 2. The van der Waals surface area contributed by atoms with E-state index in [-0.39, 0.29) is 22.1 Å². The number of carbonyl (C=O) groups excluding carboxylic acids is 2. The van der Waals surface area contributed by atoms with Crippen LogP contribution in [-0.2, 0) is 9.53 Å². The Hall–Kier alpha value is -3.39. The summed E-state index contributed by atoms with van der Waals surface area (Å²) >= 11 is 5.85. The molecule has 1 saturated carbocycles. The molecule has 5 nitrogen and oxygen atoms in total. The highest BCUT2D eigenvalue weighted by molar-refractivity contribution is 6.31. The first-order chi connectivity index (χ1) is 18.3. The Labute approximate surface area is 230 Å². The number of nitrogens with zero attached hydrogens (tertiary/aromatic N) is 1. The molecule has 1 amide bonds. The maximum absolute atomic E-state index is 14.7. The molecule has 3 atom stereocenters. The highest BCUT2D eigenvalue weighted by Crippen LogP contribution is 2.45. The van der Waals surface area contributed by atoms with Crippen molar-refractivity contribution in [2.45, 2.75) is 58.5 Å². The minimum Gasteiger partial charge on any atom is -0.456 e. The van der Waals surface area contributed by atoms with Gasteiger partial charge in [-0.2, -0.15) is 0 Å². The Balaban J connectivity index is 1.56. The summed E-state index contributed by atoms with van der Waals surface area (Å²) in [6, 6.07) is 11.6. The third-order valence-corrected chi connectivity index (χ3v) is 7.00. The Morgan fingerprint density at radius 1 is 1.10 bits per heavy atom. The van der Waals surface area contributed by atoms with Crippen LogP contribution in [0.3, 0.4) is 0 Å². The van der Waals surface area contributed by atoms with Crippen LogP contribution in [0.2, 0.25) is 5.02 Å². The van der Waals surface area contributed by atoms with Gasteiger partial charge >= 0.3 is 5.97 Å². The fourth-order valence-electron chi connectivity index (χ4n) is 4.45. The molecular formula is C30H30ClF3N2O3. The number of halogens is 4. The summed E-state index contributed by atoms with van der Waals surface area (Å²) < 4.78 is 47.2. The number of esters is 1. The molecule has 0 saturated heterocycles. The molecule has 39 heavy (non-hydrogen) atoms. The highest BCUT2D eigenvalue weighted by atomic mass is 35.5. The van der Waals surface area contributed by atoms with Crippen LogP contribution in [-0.4, -0.2) is 22.5 Å². The fourth-order valence-corrected chi connectivity index (χ4v) is 4.61. The van der Waals surface area contributed by atoms with Crippen molar-refractivity contribution in [3.05, 3.63) is 82.4 Å². The molecule has 1 aliphatic carbocycles. The minimum atomic E-state index is -2.90. The largest absolute Gasteiger partial charge is 0.456 e. The number of anilines is 1. The third-order valence-electron chi connectivity index (χ3n) is 6.71. The molecule has 1 aliphatic rings. The lowest BCUT2D eigenvalue weighted by Gasteiger charge is -2.20. The number of hydrogen-bond acceptors (Lipinski definition) is 4. The second-order valence-corrected chi connectivity index (χ2v) is 11.3. The number of pyridine rings is 1. The molecule has 3 aromatic rings. The lowest BCUT2D eigenvalue weighted by Crippen LogP contribution is -2.24. The van der Waals surface area contributed by atoms with Crippen molar-refractivity contribution in [1.29, 1.82) is 0 Å². The molecule has 9 heteroatoms. The lowest BCUT2D eigenvalue weighted by molar-refractivity contribution is -0.117. The van der Waals surface area contributed by atoms with Gasteiger partial charge in [0.2, 0.25) is 5.91 Å². The molecule has 2 aromatic carbocycles. The number of aromatic nitrogens is 1. The van der Waals surface area contributed by atoms with Crippen LogP contribution >= 0.6 is 11.6 Å². The Kier molecular flexibility index (Phi) is 8.35. The van der Waals surface area contributed by atoms with Crippen LogP contribution in [0, 0.1) is 17.7 Å². The van der Waals surface area contributed by atoms with Crippen LogP contribution in [0.25, 0.3) is 11.1 Å². The van der Waals surface area contributed by atoms with Crippen LogP contribution in [0.15, 0.2) is 54.7 Å². The summed E-state index contributed by atoms with van der Waals surface area (Å²) in [4.78, 5) is 30.0.